The van der Waals surface area contributed by atoms with Gasteiger partial charge in [0, 0.05) is 55.7 Å². The number of rotatable bonds is 6. The molecular formula is C25H30ClN5O3. The summed E-state index contributed by atoms with van der Waals surface area (Å²) in [5, 5.41) is 6.31. The van der Waals surface area contributed by atoms with Crippen LogP contribution < -0.4 is 15.5 Å². The Morgan fingerprint density at radius 2 is 1.68 bits per heavy atom. The van der Waals surface area contributed by atoms with E-state index in [1.54, 1.807) is 4.90 Å². The molecule has 2 N–H and O–H groups in total. The number of nitrogens with zero attached hydrogens (tertiary/aromatic N) is 3. The molecule has 0 aromatic heterocycles. The highest BCUT2D eigenvalue weighted by atomic mass is 35.5. The summed E-state index contributed by atoms with van der Waals surface area (Å²) in [6.07, 6.45) is -0.0736. The highest BCUT2D eigenvalue weighted by molar-refractivity contribution is 6.30. The molecule has 8 nitrogen and oxygen atoms in total. The van der Waals surface area contributed by atoms with Crippen LogP contribution in [0.3, 0.4) is 0 Å². The standard InChI is InChI=1S/C25H30ClN5O3/c1-18-2-6-20(7-3-18)28-23(32)16-22-25(34)27-10-11-31(22)24(33)17-29-12-14-30(15-13-29)21-8-4-19(26)5-9-21/h2-9,22H,10-17H2,1H3,(H,27,34)(H,28,32)/t22-/m1/s1. The summed E-state index contributed by atoms with van der Waals surface area (Å²) in [6, 6.07) is 14.4. The fourth-order valence-corrected chi connectivity index (χ4v) is 4.46. The van der Waals surface area contributed by atoms with Crippen LogP contribution in [0.25, 0.3) is 0 Å². The molecule has 3 amide bonds. The lowest BCUT2D eigenvalue weighted by atomic mass is 10.1. The lowest BCUT2D eigenvalue weighted by molar-refractivity contribution is -0.145. The minimum Gasteiger partial charge on any atom is -0.369 e. The van der Waals surface area contributed by atoms with Crippen molar-refractivity contribution in [2.75, 3.05) is 56.0 Å². The van der Waals surface area contributed by atoms with E-state index in [1.165, 1.54) is 0 Å². The first-order chi connectivity index (χ1) is 16.4. The van der Waals surface area contributed by atoms with E-state index in [4.69, 9.17) is 11.6 Å². The zero-order valence-electron chi connectivity index (χ0n) is 19.3. The minimum atomic E-state index is -0.804. The van der Waals surface area contributed by atoms with Crippen LogP contribution >= 0.6 is 11.6 Å². The van der Waals surface area contributed by atoms with Crippen molar-refractivity contribution in [2.45, 2.75) is 19.4 Å². The summed E-state index contributed by atoms with van der Waals surface area (Å²) in [5.74, 6) is -0.700. The molecule has 180 valence electrons. The van der Waals surface area contributed by atoms with E-state index < -0.39 is 6.04 Å². The molecule has 0 bridgehead atoms. The van der Waals surface area contributed by atoms with Gasteiger partial charge in [-0.25, -0.2) is 0 Å². The van der Waals surface area contributed by atoms with Crippen molar-refractivity contribution in [3.8, 4) is 0 Å². The highest BCUT2D eigenvalue weighted by Gasteiger charge is 2.35. The quantitative estimate of drug-likeness (QED) is 0.657. The molecule has 0 saturated carbocycles. The number of hydrogen-bond donors (Lipinski definition) is 2. The molecule has 0 unspecified atom stereocenters. The van der Waals surface area contributed by atoms with E-state index >= 15 is 0 Å². The summed E-state index contributed by atoms with van der Waals surface area (Å²) < 4.78 is 0. The summed E-state index contributed by atoms with van der Waals surface area (Å²) in [6.45, 7) is 6.09. The molecule has 1 atom stereocenters. The van der Waals surface area contributed by atoms with Gasteiger partial charge in [0.25, 0.3) is 0 Å². The van der Waals surface area contributed by atoms with Gasteiger partial charge in [-0.2, -0.15) is 0 Å². The predicted molar refractivity (Wildman–Crippen MR) is 133 cm³/mol. The number of anilines is 2. The monoisotopic (exact) mass is 483 g/mol. The largest absolute Gasteiger partial charge is 0.369 e. The molecule has 2 aliphatic heterocycles. The Labute approximate surface area is 204 Å². The topological polar surface area (TPSA) is 85.0 Å². The van der Waals surface area contributed by atoms with Gasteiger partial charge in [0.05, 0.1) is 13.0 Å². The number of nitrogens with one attached hydrogen (secondary N) is 2. The second-order valence-corrected chi connectivity index (χ2v) is 9.19. The van der Waals surface area contributed by atoms with E-state index in [0.717, 1.165) is 37.4 Å². The summed E-state index contributed by atoms with van der Waals surface area (Å²) in [5.41, 5.74) is 2.88. The average molecular weight is 484 g/mol. The van der Waals surface area contributed by atoms with Crippen LogP contribution in [0.15, 0.2) is 48.5 Å². The van der Waals surface area contributed by atoms with Gasteiger partial charge in [-0.15, -0.1) is 0 Å². The number of carbonyl (C=O) groups is 3. The van der Waals surface area contributed by atoms with Crippen molar-refractivity contribution in [3.63, 3.8) is 0 Å². The number of piperazine rings is 2. The van der Waals surface area contributed by atoms with E-state index in [1.807, 2.05) is 55.5 Å². The number of halogens is 1. The van der Waals surface area contributed by atoms with Crippen molar-refractivity contribution in [1.82, 2.24) is 15.1 Å². The molecule has 2 aliphatic rings. The first-order valence-corrected chi connectivity index (χ1v) is 11.9. The predicted octanol–water partition coefficient (Wildman–Crippen LogP) is 2.13. The Hall–Kier alpha value is -3.10. The molecule has 0 radical (unpaired) electrons. The zero-order chi connectivity index (χ0) is 24.1. The Morgan fingerprint density at radius 1 is 1.00 bits per heavy atom. The number of benzene rings is 2. The second-order valence-electron chi connectivity index (χ2n) is 8.75. The summed E-state index contributed by atoms with van der Waals surface area (Å²) in [7, 11) is 0. The Morgan fingerprint density at radius 3 is 2.35 bits per heavy atom. The first kappa shape index (κ1) is 24.0. The van der Waals surface area contributed by atoms with Crippen LogP contribution in [0.2, 0.25) is 5.02 Å². The fraction of sp³-hybridized carbons (Fsp3) is 0.400. The number of amides is 3. The third kappa shape index (κ3) is 6.07. The number of aryl methyl sites for hydroxylation is 1. The summed E-state index contributed by atoms with van der Waals surface area (Å²) >= 11 is 5.98. The van der Waals surface area contributed by atoms with Gasteiger partial charge in [-0.1, -0.05) is 29.3 Å². The lowest BCUT2D eigenvalue weighted by Crippen LogP contribution is -2.60. The van der Waals surface area contributed by atoms with Gasteiger partial charge in [0.2, 0.25) is 17.7 Å². The first-order valence-electron chi connectivity index (χ1n) is 11.6. The van der Waals surface area contributed by atoms with E-state index in [2.05, 4.69) is 20.4 Å². The van der Waals surface area contributed by atoms with Crippen LogP contribution in [-0.4, -0.2) is 79.4 Å². The van der Waals surface area contributed by atoms with Crippen LogP contribution in [0, 0.1) is 6.92 Å². The zero-order valence-corrected chi connectivity index (χ0v) is 20.1. The normalized spacial score (nSPS) is 19.0. The highest BCUT2D eigenvalue weighted by Crippen LogP contribution is 2.20. The minimum absolute atomic E-state index is 0.0736. The molecule has 0 aliphatic carbocycles. The van der Waals surface area contributed by atoms with Crippen LogP contribution in [0.4, 0.5) is 11.4 Å². The maximum Gasteiger partial charge on any atom is 0.243 e. The maximum absolute atomic E-state index is 13.1. The summed E-state index contributed by atoms with van der Waals surface area (Å²) in [4.78, 5) is 44.2. The Balaban J connectivity index is 1.31. The van der Waals surface area contributed by atoms with E-state index in [9.17, 15) is 14.4 Å². The van der Waals surface area contributed by atoms with E-state index in [0.29, 0.717) is 23.8 Å². The van der Waals surface area contributed by atoms with Gasteiger partial charge < -0.3 is 20.4 Å². The molecule has 34 heavy (non-hydrogen) atoms. The maximum atomic E-state index is 13.1. The van der Waals surface area contributed by atoms with Gasteiger partial charge >= 0.3 is 0 Å². The van der Waals surface area contributed by atoms with E-state index in [-0.39, 0.29) is 30.7 Å². The Bertz CT molecular complexity index is 1020. The smallest absolute Gasteiger partial charge is 0.243 e. The third-order valence-electron chi connectivity index (χ3n) is 6.29. The average Bonchev–Trinajstić information content (AvgIpc) is 2.83. The van der Waals surface area contributed by atoms with Crippen molar-refractivity contribution >= 4 is 40.7 Å². The molecule has 2 saturated heterocycles. The number of hydrogen-bond acceptors (Lipinski definition) is 5. The van der Waals surface area contributed by atoms with Crippen molar-refractivity contribution in [1.29, 1.82) is 0 Å². The third-order valence-corrected chi connectivity index (χ3v) is 6.54. The molecule has 0 spiro atoms. The van der Waals surface area contributed by atoms with Crippen molar-refractivity contribution in [3.05, 3.63) is 59.1 Å². The molecule has 2 aromatic rings. The van der Waals surface area contributed by atoms with Crippen molar-refractivity contribution in [2.24, 2.45) is 0 Å². The van der Waals surface area contributed by atoms with Crippen LogP contribution in [0.1, 0.15) is 12.0 Å². The van der Waals surface area contributed by atoms with Gasteiger partial charge in [0.1, 0.15) is 6.04 Å². The van der Waals surface area contributed by atoms with Crippen molar-refractivity contribution < 1.29 is 14.4 Å². The van der Waals surface area contributed by atoms with Crippen LogP contribution in [0.5, 0.6) is 0 Å². The molecule has 9 heteroatoms. The van der Waals surface area contributed by atoms with Gasteiger partial charge in [-0.3, -0.25) is 19.3 Å². The lowest BCUT2D eigenvalue weighted by Gasteiger charge is -2.39. The second kappa shape index (κ2) is 10.9. The fourth-order valence-electron chi connectivity index (χ4n) is 4.34. The SMILES string of the molecule is Cc1ccc(NC(=O)C[C@@H]2C(=O)NCCN2C(=O)CN2CCN(c3ccc(Cl)cc3)CC2)cc1. The van der Waals surface area contributed by atoms with Gasteiger partial charge in [-0.05, 0) is 43.3 Å². The molecular weight excluding hydrogens is 454 g/mol. The van der Waals surface area contributed by atoms with Crippen LogP contribution in [-0.2, 0) is 14.4 Å². The molecule has 2 fully saturated rings. The molecule has 2 heterocycles. The number of carbonyl (C=O) groups excluding carboxylic acids is 3. The Kier molecular flexibility index (Phi) is 7.70. The molecule has 2 aromatic carbocycles. The van der Waals surface area contributed by atoms with Gasteiger partial charge in [0.15, 0.2) is 0 Å². The molecule has 4 rings (SSSR count).